The molecule has 7 heteroatoms. The second-order valence-electron chi connectivity index (χ2n) is 14.7. The van der Waals surface area contributed by atoms with Gasteiger partial charge in [-0.25, -0.2) is 0 Å². The molecule has 0 aromatic rings. The molecule has 0 aliphatic heterocycles. The largest absolute Gasteiger partial charge is 1.00 e. The molecule has 0 saturated heterocycles. The number of nitrogens with zero attached hydrogens (tertiary/aromatic N) is 1. The maximum atomic E-state index is 10.8. The van der Waals surface area contributed by atoms with E-state index in [4.69, 9.17) is 5.11 Å². The predicted octanol–water partition coefficient (Wildman–Crippen LogP) is 5.84. The summed E-state index contributed by atoms with van der Waals surface area (Å²) < 4.78 is 0.663. The van der Waals surface area contributed by atoms with E-state index in [9.17, 15) is 20.4 Å². The maximum Gasteiger partial charge on any atom is 0.131 e. The minimum atomic E-state index is -1.56. The van der Waals surface area contributed by atoms with Crippen molar-refractivity contribution in [3.63, 3.8) is 0 Å². The lowest BCUT2D eigenvalue weighted by Gasteiger charge is -2.38. The Morgan fingerprint density at radius 3 is 0.891 bits per heavy atom. The highest BCUT2D eigenvalue weighted by Gasteiger charge is 2.35. The minimum absolute atomic E-state index is 0. The first kappa shape index (κ1) is 48.2. The Bertz CT molecular complexity index is 567. The van der Waals surface area contributed by atoms with E-state index >= 15 is 0 Å². The lowest BCUT2D eigenvalue weighted by Crippen LogP contribution is -3.00. The fraction of sp³-hybridized carbons (Fsp3) is 1.00. The summed E-state index contributed by atoms with van der Waals surface area (Å²) in [6.45, 7) is 6.13. The van der Waals surface area contributed by atoms with E-state index in [1.165, 1.54) is 167 Å². The van der Waals surface area contributed by atoms with Gasteiger partial charge in [0.05, 0.1) is 26.7 Å². The first-order chi connectivity index (χ1) is 21.8. The lowest BCUT2D eigenvalue weighted by molar-refractivity contribution is -0.913. The number of hydrogen-bond acceptors (Lipinski definition) is 5. The van der Waals surface area contributed by atoms with Crippen LogP contribution in [0.3, 0.4) is 0 Å². The molecule has 0 rings (SSSR count). The maximum absolute atomic E-state index is 10.8. The molecule has 0 amide bonds. The summed E-state index contributed by atoms with van der Waals surface area (Å²) in [5.41, 5.74) is 0. The third kappa shape index (κ3) is 29.0. The number of hydrogen-bond donors (Lipinski definition) is 5. The number of likely N-dealkylation sites (N-methyl/N-ethyl adjacent to an activating group) is 1. The Kier molecular flexibility index (Phi) is 36.5. The van der Waals surface area contributed by atoms with Crippen molar-refractivity contribution < 1.29 is 42.4 Å². The number of rotatable bonds is 36. The van der Waals surface area contributed by atoms with E-state index in [1.54, 1.807) is 0 Å². The summed E-state index contributed by atoms with van der Waals surface area (Å²) in [6, 6.07) is 0. The summed E-state index contributed by atoms with van der Waals surface area (Å²) in [6.07, 6.45) is 31.6. The Labute approximate surface area is 293 Å². The molecule has 0 unspecified atom stereocenters. The second kappa shape index (κ2) is 34.9. The topological polar surface area (TPSA) is 101 Å². The zero-order chi connectivity index (χ0) is 33.4. The smallest absolute Gasteiger partial charge is 0.131 e. The van der Waals surface area contributed by atoms with Crippen LogP contribution in [0.5, 0.6) is 0 Å². The lowest BCUT2D eigenvalue weighted by atomic mass is 10.0. The van der Waals surface area contributed by atoms with Crippen LogP contribution in [0.15, 0.2) is 0 Å². The van der Waals surface area contributed by atoms with Crippen molar-refractivity contribution in [2.45, 2.75) is 218 Å². The molecule has 0 saturated carbocycles. The van der Waals surface area contributed by atoms with Crippen molar-refractivity contribution in [2.24, 2.45) is 0 Å². The summed E-state index contributed by atoms with van der Waals surface area (Å²) in [4.78, 5) is 0. The standard InChI is InChI=1S/C39H82NO5.ClH/c1-4-6-8-10-12-14-16-18-20-22-24-26-28-30-32-40(3,34-36(42)38(44)39(45)37(43)35-41)33-31-29-27-25-23-21-19-17-15-13-11-9-7-5-2;/h36-39,41-45H,4-35H2,1-3H3;1H/q+1;/p-1/t36-,37+,38+,39-;/m0./s1. The van der Waals surface area contributed by atoms with Gasteiger partial charge >= 0.3 is 0 Å². The van der Waals surface area contributed by atoms with E-state index in [1.807, 2.05) is 0 Å². The van der Waals surface area contributed by atoms with Crippen LogP contribution >= 0.6 is 0 Å². The number of quaternary nitrogens is 1. The second-order valence-corrected chi connectivity index (χ2v) is 14.7. The van der Waals surface area contributed by atoms with Crippen LogP contribution in [-0.2, 0) is 0 Å². The van der Waals surface area contributed by atoms with Gasteiger partial charge in [-0.1, -0.05) is 168 Å². The molecule has 46 heavy (non-hydrogen) atoms. The fourth-order valence-electron chi connectivity index (χ4n) is 6.79. The molecular formula is C39H82ClNO5. The SMILES string of the molecule is CCCCCCCCCCCCCCCC[N+](C)(CCCCCCCCCCCCCCCC)C[C@H](O)[C@@H](O)[C@@H](O)[C@H](O)CO.[Cl-]. The molecule has 0 aromatic carbocycles. The van der Waals surface area contributed by atoms with E-state index < -0.39 is 31.0 Å². The van der Waals surface area contributed by atoms with Crippen LogP contribution in [0.25, 0.3) is 0 Å². The number of aliphatic hydroxyl groups excluding tert-OH is 5. The average molecular weight is 681 g/mol. The molecular weight excluding hydrogens is 598 g/mol. The van der Waals surface area contributed by atoms with Gasteiger partial charge in [0.1, 0.15) is 31.0 Å². The highest BCUT2D eigenvalue weighted by atomic mass is 35.5. The zero-order valence-corrected chi connectivity index (χ0v) is 31.8. The molecule has 0 radical (unpaired) electrons. The molecule has 0 spiro atoms. The van der Waals surface area contributed by atoms with Gasteiger partial charge in [0.15, 0.2) is 0 Å². The minimum Gasteiger partial charge on any atom is -1.00 e. The van der Waals surface area contributed by atoms with Gasteiger partial charge in [-0.15, -0.1) is 0 Å². The van der Waals surface area contributed by atoms with Crippen LogP contribution < -0.4 is 12.4 Å². The van der Waals surface area contributed by atoms with Crippen LogP contribution in [0, 0.1) is 0 Å². The van der Waals surface area contributed by atoms with Crippen molar-refractivity contribution in [3.05, 3.63) is 0 Å². The Balaban J connectivity index is 0. The van der Waals surface area contributed by atoms with Crippen LogP contribution in [0.1, 0.15) is 194 Å². The van der Waals surface area contributed by atoms with Crippen molar-refractivity contribution in [1.29, 1.82) is 0 Å². The molecule has 6 nitrogen and oxygen atoms in total. The van der Waals surface area contributed by atoms with Crippen molar-refractivity contribution in [2.75, 3.05) is 33.3 Å². The highest BCUT2D eigenvalue weighted by Crippen LogP contribution is 2.18. The monoisotopic (exact) mass is 680 g/mol. The van der Waals surface area contributed by atoms with Crippen LogP contribution in [-0.4, -0.2) is 87.7 Å². The molecule has 0 aliphatic carbocycles. The summed E-state index contributed by atoms with van der Waals surface area (Å²) in [7, 11) is 2.16. The molecule has 4 atom stereocenters. The third-order valence-electron chi connectivity index (χ3n) is 10.1. The first-order valence-corrected chi connectivity index (χ1v) is 20.0. The zero-order valence-electron chi connectivity index (χ0n) is 31.0. The summed E-state index contributed by atoms with van der Waals surface area (Å²) in [5, 5.41) is 50.3. The van der Waals surface area contributed by atoms with Gasteiger partial charge < -0.3 is 42.4 Å². The van der Waals surface area contributed by atoms with Crippen LogP contribution in [0.4, 0.5) is 0 Å². The molecule has 0 heterocycles. The number of unbranched alkanes of at least 4 members (excludes halogenated alkanes) is 26. The molecule has 0 bridgehead atoms. The molecule has 280 valence electrons. The van der Waals surface area contributed by atoms with Gasteiger partial charge in [0.2, 0.25) is 0 Å². The first-order valence-electron chi connectivity index (χ1n) is 20.0. The molecule has 5 N–H and O–H groups in total. The van der Waals surface area contributed by atoms with Gasteiger partial charge in [-0.2, -0.15) is 0 Å². The van der Waals surface area contributed by atoms with Crippen LogP contribution in [0.2, 0.25) is 0 Å². The van der Waals surface area contributed by atoms with Crippen molar-refractivity contribution in [1.82, 2.24) is 0 Å². The van der Waals surface area contributed by atoms with Gasteiger partial charge in [0.25, 0.3) is 0 Å². The third-order valence-corrected chi connectivity index (χ3v) is 10.1. The molecule has 0 aromatic heterocycles. The number of halogens is 1. The summed E-state index contributed by atoms with van der Waals surface area (Å²) >= 11 is 0. The van der Waals surface area contributed by atoms with Gasteiger partial charge in [-0.05, 0) is 25.7 Å². The fourth-order valence-corrected chi connectivity index (χ4v) is 6.79. The molecule has 0 fully saturated rings. The highest BCUT2D eigenvalue weighted by molar-refractivity contribution is 4.80. The van der Waals surface area contributed by atoms with E-state index in [-0.39, 0.29) is 12.4 Å². The van der Waals surface area contributed by atoms with E-state index in [2.05, 4.69) is 20.9 Å². The Morgan fingerprint density at radius 2 is 0.630 bits per heavy atom. The Morgan fingerprint density at radius 1 is 0.391 bits per heavy atom. The summed E-state index contributed by atoms with van der Waals surface area (Å²) in [5.74, 6) is 0. The van der Waals surface area contributed by atoms with Crippen molar-refractivity contribution >= 4 is 0 Å². The molecule has 0 aliphatic rings. The van der Waals surface area contributed by atoms with E-state index in [0.29, 0.717) is 11.0 Å². The normalized spacial score (nSPS) is 14.6. The van der Waals surface area contributed by atoms with Gasteiger partial charge in [-0.3, -0.25) is 0 Å². The number of aliphatic hydroxyl groups is 5. The quantitative estimate of drug-likeness (QED) is 0.0424. The van der Waals surface area contributed by atoms with Crippen molar-refractivity contribution in [3.8, 4) is 0 Å². The average Bonchev–Trinajstić information content (AvgIpc) is 3.03. The predicted molar refractivity (Wildman–Crippen MR) is 193 cm³/mol. The Hall–Kier alpha value is 0.0500. The van der Waals surface area contributed by atoms with E-state index in [0.717, 1.165) is 25.9 Å². The van der Waals surface area contributed by atoms with Gasteiger partial charge in [0, 0.05) is 0 Å².